The molecule has 0 saturated heterocycles. The minimum atomic E-state index is -2.96. The molecule has 1 aromatic heterocycles. The Labute approximate surface area is 206 Å². The van der Waals surface area contributed by atoms with E-state index in [-0.39, 0.29) is 5.75 Å². The number of nitrogens with one attached hydrogen (secondary N) is 1. The Hall–Kier alpha value is -3.26. The van der Waals surface area contributed by atoms with Crippen molar-refractivity contribution in [3.63, 3.8) is 0 Å². The number of fused-ring (bicyclic) bond motifs is 2. The smallest absolute Gasteiger partial charge is 0.148 e. The first-order chi connectivity index (χ1) is 16.9. The van der Waals surface area contributed by atoms with Crippen molar-refractivity contribution in [1.82, 2.24) is 9.88 Å². The predicted molar refractivity (Wildman–Crippen MR) is 143 cm³/mol. The summed E-state index contributed by atoms with van der Waals surface area (Å²) >= 11 is 0. The van der Waals surface area contributed by atoms with Crippen molar-refractivity contribution < 1.29 is 8.42 Å². The molecule has 4 aromatic rings. The van der Waals surface area contributed by atoms with Crippen LogP contribution in [0, 0.1) is 0 Å². The number of hydrogen-bond acceptors (Lipinski definition) is 6. The van der Waals surface area contributed by atoms with Gasteiger partial charge in [-0.05, 0) is 52.8 Å². The van der Waals surface area contributed by atoms with E-state index in [4.69, 9.17) is 10.7 Å². The molecule has 2 heterocycles. The lowest BCUT2D eigenvalue weighted by atomic mass is 9.97. The standard InChI is InChI=1S/C28H30N4O2S/c1-35(33,34)14-13-32-12-11-25-23(19-32)7-4-8-27(25)31-24-10-9-21(17-29)26(16-24)28-15-20-5-2-3-6-22(20)18-30-28/h2-10,15-16,18,31H,11-14,17,19,29H2,1H3. The molecule has 5 rings (SSSR count). The molecule has 0 radical (unpaired) electrons. The molecule has 35 heavy (non-hydrogen) atoms. The second-order valence-corrected chi connectivity index (χ2v) is 11.5. The van der Waals surface area contributed by atoms with Crippen molar-refractivity contribution in [2.45, 2.75) is 19.5 Å². The summed E-state index contributed by atoms with van der Waals surface area (Å²) in [6, 6.07) is 22.9. The zero-order chi connectivity index (χ0) is 24.4. The molecular weight excluding hydrogens is 456 g/mol. The van der Waals surface area contributed by atoms with Crippen LogP contribution in [-0.2, 0) is 29.3 Å². The van der Waals surface area contributed by atoms with Gasteiger partial charge in [-0.3, -0.25) is 9.88 Å². The Morgan fingerprint density at radius 3 is 2.66 bits per heavy atom. The maximum atomic E-state index is 11.6. The molecule has 6 nitrogen and oxygen atoms in total. The Balaban J connectivity index is 1.41. The van der Waals surface area contributed by atoms with E-state index in [1.165, 1.54) is 17.4 Å². The lowest BCUT2D eigenvalue weighted by Gasteiger charge is -2.30. The van der Waals surface area contributed by atoms with Crippen molar-refractivity contribution in [2.24, 2.45) is 5.73 Å². The first kappa shape index (κ1) is 23.5. The van der Waals surface area contributed by atoms with Crippen LogP contribution in [-0.4, -0.2) is 43.4 Å². The number of hydrogen-bond donors (Lipinski definition) is 2. The summed E-state index contributed by atoms with van der Waals surface area (Å²) in [5.41, 5.74) is 13.7. The van der Waals surface area contributed by atoms with Crippen LogP contribution in [0.3, 0.4) is 0 Å². The summed E-state index contributed by atoms with van der Waals surface area (Å²) in [7, 11) is -2.96. The highest BCUT2D eigenvalue weighted by molar-refractivity contribution is 7.90. The molecule has 0 atom stereocenters. The average Bonchev–Trinajstić information content (AvgIpc) is 2.87. The molecule has 0 aliphatic carbocycles. The van der Waals surface area contributed by atoms with Gasteiger partial charge in [0.15, 0.2) is 0 Å². The van der Waals surface area contributed by atoms with Gasteiger partial charge >= 0.3 is 0 Å². The van der Waals surface area contributed by atoms with E-state index in [1.54, 1.807) is 0 Å². The Morgan fingerprint density at radius 1 is 1.03 bits per heavy atom. The number of sulfone groups is 1. The minimum Gasteiger partial charge on any atom is -0.355 e. The third kappa shape index (κ3) is 5.37. The third-order valence-electron chi connectivity index (χ3n) is 6.64. The van der Waals surface area contributed by atoms with Crippen LogP contribution in [0.4, 0.5) is 11.4 Å². The number of nitrogens with two attached hydrogens (primary N) is 1. The van der Waals surface area contributed by atoms with E-state index in [1.807, 2.05) is 18.3 Å². The maximum absolute atomic E-state index is 11.6. The average molecular weight is 487 g/mol. The van der Waals surface area contributed by atoms with Crippen LogP contribution < -0.4 is 11.1 Å². The van der Waals surface area contributed by atoms with Crippen LogP contribution >= 0.6 is 0 Å². The van der Waals surface area contributed by atoms with Gasteiger partial charge in [0.1, 0.15) is 9.84 Å². The molecule has 180 valence electrons. The predicted octanol–water partition coefficient (Wildman–Crippen LogP) is 4.51. The van der Waals surface area contributed by atoms with Crippen molar-refractivity contribution in [3.05, 3.63) is 89.6 Å². The second kappa shape index (κ2) is 9.77. The van der Waals surface area contributed by atoms with Gasteiger partial charge in [-0.2, -0.15) is 0 Å². The number of benzene rings is 3. The van der Waals surface area contributed by atoms with Gasteiger partial charge in [-0.25, -0.2) is 8.42 Å². The molecule has 0 bridgehead atoms. The van der Waals surface area contributed by atoms with Crippen molar-refractivity contribution >= 4 is 32.0 Å². The molecule has 1 aliphatic heterocycles. The van der Waals surface area contributed by atoms with Gasteiger partial charge in [0, 0.05) is 61.0 Å². The van der Waals surface area contributed by atoms with Gasteiger partial charge in [-0.1, -0.05) is 42.5 Å². The zero-order valence-corrected chi connectivity index (χ0v) is 20.7. The number of aromatic nitrogens is 1. The monoisotopic (exact) mass is 486 g/mol. The number of nitrogens with zero attached hydrogens (tertiary/aromatic N) is 2. The largest absolute Gasteiger partial charge is 0.355 e. The van der Waals surface area contributed by atoms with Crippen LogP contribution in [0.1, 0.15) is 16.7 Å². The molecule has 3 aromatic carbocycles. The molecule has 0 fully saturated rings. The van der Waals surface area contributed by atoms with Crippen LogP contribution in [0.2, 0.25) is 0 Å². The molecule has 3 N–H and O–H groups in total. The number of anilines is 2. The summed E-state index contributed by atoms with van der Waals surface area (Å²) in [6.07, 6.45) is 4.08. The first-order valence-electron chi connectivity index (χ1n) is 11.9. The van der Waals surface area contributed by atoms with Crippen LogP contribution in [0.5, 0.6) is 0 Å². The molecule has 0 saturated carbocycles. The Kier molecular flexibility index (Phi) is 6.56. The van der Waals surface area contributed by atoms with Gasteiger partial charge in [0.25, 0.3) is 0 Å². The van der Waals surface area contributed by atoms with Crippen molar-refractivity contribution in [3.8, 4) is 11.3 Å². The molecule has 7 heteroatoms. The first-order valence-corrected chi connectivity index (χ1v) is 13.9. The highest BCUT2D eigenvalue weighted by Crippen LogP contribution is 2.32. The highest BCUT2D eigenvalue weighted by Gasteiger charge is 2.20. The number of rotatable bonds is 7. The quantitative estimate of drug-likeness (QED) is 0.400. The maximum Gasteiger partial charge on any atom is 0.148 e. The van der Waals surface area contributed by atoms with Crippen molar-refractivity contribution in [2.75, 3.05) is 30.4 Å². The summed E-state index contributed by atoms with van der Waals surface area (Å²) in [4.78, 5) is 6.93. The Bertz CT molecular complexity index is 1480. The van der Waals surface area contributed by atoms with E-state index < -0.39 is 9.84 Å². The fourth-order valence-electron chi connectivity index (χ4n) is 4.73. The van der Waals surface area contributed by atoms with E-state index in [2.05, 4.69) is 64.8 Å². The molecule has 1 aliphatic rings. The van der Waals surface area contributed by atoms with Crippen LogP contribution in [0.25, 0.3) is 22.0 Å². The highest BCUT2D eigenvalue weighted by atomic mass is 32.2. The van der Waals surface area contributed by atoms with Gasteiger partial charge < -0.3 is 11.1 Å². The van der Waals surface area contributed by atoms with Crippen LogP contribution in [0.15, 0.2) is 72.9 Å². The van der Waals surface area contributed by atoms with Gasteiger partial charge in [0.2, 0.25) is 0 Å². The third-order valence-corrected chi connectivity index (χ3v) is 7.56. The summed E-state index contributed by atoms with van der Waals surface area (Å²) in [5, 5.41) is 5.88. The normalized spacial score (nSPS) is 14.1. The second-order valence-electron chi connectivity index (χ2n) is 9.22. The van der Waals surface area contributed by atoms with E-state index in [9.17, 15) is 8.42 Å². The fraction of sp³-hybridized carbons (Fsp3) is 0.250. The topological polar surface area (TPSA) is 88.3 Å². The SMILES string of the molecule is CS(=O)(=O)CCN1CCc2c(cccc2Nc2ccc(CN)c(-c3cc4ccccc4cn3)c2)C1. The lowest BCUT2D eigenvalue weighted by molar-refractivity contribution is 0.269. The van der Waals surface area contributed by atoms with E-state index in [0.717, 1.165) is 58.5 Å². The lowest BCUT2D eigenvalue weighted by Crippen LogP contribution is -2.34. The molecule has 0 spiro atoms. The summed E-state index contributed by atoms with van der Waals surface area (Å²) in [5.74, 6) is 0.194. The van der Waals surface area contributed by atoms with Crippen molar-refractivity contribution in [1.29, 1.82) is 0 Å². The number of pyridine rings is 1. The molecule has 0 amide bonds. The fourth-order valence-corrected chi connectivity index (χ4v) is 5.32. The Morgan fingerprint density at radius 2 is 1.86 bits per heavy atom. The van der Waals surface area contributed by atoms with E-state index >= 15 is 0 Å². The summed E-state index contributed by atoms with van der Waals surface area (Å²) < 4.78 is 23.1. The van der Waals surface area contributed by atoms with Gasteiger partial charge in [0.05, 0.1) is 11.4 Å². The molecular formula is C28H30N4O2S. The van der Waals surface area contributed by atoms with E-state index in [0.29, 0.717) is 13.1 Å². The summed E-state index contributed by atoms with van der Waals surface area (Å²) in [6.45, 7) is 2.62. The zero-order valence-electron chi connectivity index (χ0n) is 19.9. The van der Waals surface area contributed by atoms with Gasteiger partial charge in [-0.15, -0.1) is 0 Å². The molecule has 0 unspecified atom stereocenters. The minimum absolute atomic E-state index is 0.194.